The number of rotatable bonds is 2. The smallest absolute Gasteiger partial charge is 0.241 e. The quantitative estimate of drug-likeness (QED) is 0.604. The highest BCUT2D eigenvalue weighted by Crippen LogP contribution is 2.22. The highest BCUT2D eigenvalue weighted by Gasteiger charge is 2.24. The number of anilines is 1. The van der Waals surface area contributed by atoms with Gasteiger partial charge in [0.05, 0.1) is 11.7 Å². The number of aromatic hydroxyl groups is 1. The molecule has 1 aromatic carbocycles. The third-order valence-electron chi connectivity index (χ3n) is 2.30. The minimum Gasteiger partial charge on any atom is -0.506 e. The van der Waals surface area contributed by atoms with Crippen LogP contribution in [0.3, 0.4) is 0 Å². The summed E-state index contributed by atoms with van der Waals surface area (Å²) in [4.78, 5) is 11.5. The molecule has 14 heavy (non-hydrogen) atoms. The number of hydrogen-bond donors (Lipinski definition) is 3. The summed E-state index contributed by atoms with van der Waals surface area (Å²) < 4.78 is 0. The van der Waals surface area contributed by atoms with Crippen LogP contribution in [0, 0.1) is 0 Å². The van der Waals surface area contributed by atoms with E-state index >= 15 is 0 Å². The normalized spacial score (nSPS) is 19.9. The summed E-state index contributed by atoms with van der Waals surface area (Å²) in [5, 5.41) is 15.0. The lowest BCUT2D eigenvalue weighted by Crippen LogP contribution is -2.50. The zero-order valence-corrected chi connectivity index (χ0v) is 7.66. The average Bonchev–Trinajstić information content (AvgIpc) is 2.05. The van der Waals surface area contributed by atoms with Crippen molar-refractivity contribution in [3.8, 4) is 5.75 Å². The van der Waals surface area contributed by atoms with Crippen LogP contribution in [0.15, 0.2) is 24.3 Å². The molecule has 1 atom stereocenters. The fourth-order valence-electron chi connectivity index (χ4n) is 1.31. The number of amides is 1. The van der Waals surface area contributed by atoms with E-state index in [-0.39, 0.29) is 17.7 Å². The number of para-hydroxylation sites is 2. The number of carbonyl (C=O) groups is 1. The second-order valence-electron chi connectivity index (χ2n) is 3.30. The molecule has 0 aromatic heterocycles. The predicted octanol–water partition coefficient (Wildman–Crippen LogP) is 0.693. The van der Waals surface area contributed by atoms with E-state index in [1.54, 1.807) is 24.3 Å². The summed E-state index contributed by atoms with van der Waals surface area (Å²) in [5.41, 5.74) is 0.464. The van der Waals surface area contributed by atoms with Crippen LogP contribution in [0.4, 0.5) is 5.69 Å². The molecule has 1 aliphatic rings. The Labute approximate surface area is 81.9 Å². The van der Waals surface area contributed by atoms with E-state index in [0.717, 1.165) is 13.0 Å². The molecule has 1 aromatic rings. The first-order chi connectivity index (χ1) is 6.77. The van der Waals surface area contributed by atoms with Crippen molar-refractivity contribution in [2.75, 3.05) is 11.9 Å². The molecule has 0 aliphatic carbocycles. The van der Waals surface area contributed by atoms with Gasteiger partial charge in [0, 0.05) is 0 Å². The molecule has 0 spiro atoms. The SMILES string of the molecule is O=C(Nc1ccccc1O)[C@@H]1CCN1. The topological polar surface area (TPSA) is 61.4 Å². The lowest BCUT2D eigenvalue weighted by atomic mass is 10.1. The molecule has 4 heteroatoms. The number of phenols is 1. The minimum absolute atomic E-state index is 0.0854. The molecule has 1 fully saturated rings. The van der Waals surface area contributed by atoms with Gasteiger partial charge in [-0.05, 0) is 25.1 Å². The van der Waals surface area contributed by atoms with Crippen LogP contribution in [0.1, 0.15) is 6.42 Å². The summed E-state index contributed by atoms with van der Waals surface area (Å²) in [5.74, 6) is 0.0120. The average molecular weight is 192 g/mol. The Balaban J connectivity index is 2.03. The third kappa shape index (κ3) is 1.70. The molecule has 1 heterocycles. The van der Waals surface area contributed by atoms with E-state index in [1.165, 1.54) is 0 Å². The molecule has 1 saturated heterocycles. The maximum absolute atomic E-state index is 11.5. The second kappa shape index (κ2) is 3.67. The number of nitrogens with one attached hydrogen (secondary N) is 2. The number of hydrogen-bond acceptors (Lipinski definition) is 3. The van der Waals surface area contributed by atoms with E-state index < -0.39 is 0 Å². The van der Waals surface area contributed by atoms with Crippen LogP contribution in [-0.2, 0) is 4.79 Å². The van der Waals surface area contributed by atoms with E-state index in [9.17, 15) is 9.90 Å². The summed E-state index contributed by atoms with van der Waals surface area (Å²) in [7, 11) is 0. The van der Waals surface area contributed by atoms with Crippen molar-refractivity contribution in [3.63, 3.8) is 0 Å². The van der Waals surface area contributed by atoms with E-state index in [2.05, 4.69) is 10.6 Å². The van der Waals surface area contributed by atoms with Crippen molar-refractivity contribution in [1.29, 1.82) is 0 Å². The monoisotopic (exact) mass is 192 g/mol. The molecule has 2 rings (SSSR count). The number of carbonyl (C=O) groups excluding carboxylic acids is 1. The lowest BCUT2D eigenvalue weighted by Gasteiger charge is -2.26. The van der Waals surface area contributed by atoms with Crippen LogP contribution in [0.2, 0.25) is 0 Å². The predicted molar refractivity (Wildman–Crippen MR) is 53.1 cm³/mol. The molecule has 0 bridgehead atoms. The number of benzene rings is 1. The van der Waals surface area contributed by atoms with Gasteiger partial charge in [0.25, 0.3) is 0 Å². The maximum Gasteiger partial charge on any atom is 0.241 e. The van der Waals surface area contributed by atoms with Gasteiger partial charge in [-0.2, -0.15) is 0 Å². The van der Waals surface area contributed by atoms with Gasteiger partial charge in [0.1, 0.15) is 5.75 Å². The first-order valence-electron chi connectivity index (χ1n) is 4.59. The zero-order chi connectivity index (χ0) is 9.97. The summed E-state index contributed by atoms with van der Waals surface area (Å²) in [6.07, 6.45) is 0.861. The van der Waals surface area contributed by atoms with Gasteiger partial charge in [0.2, 0.25) is 5.91 Å². The fraction of sp³-hybridized carbons (Fsp3) is 0.300. The minimum atomic E-state index is -0.102. The Morgan fingerprint density at radius 3 is 2.79 bits per heavy atom. The Kier molecular flexibility index (Phi) is 2.37. The van der Waals surface area contributed by atoms with Gasteiger partial charge in [-0.1, -0.05) is 12.1 Å². The largest absolute Gasteiger partial charge is 0.506 e. The van der Waals surface area contributed by atoms with Gasteiger partial charge in [0.15, 0.2) is 0 Å². The highest BCUT2D eigenvalue weighted by molar-refractivity contribution is 5.96. The van der Waals surface area contributed by atoms with Crippen molar-refractivity contribution in [2.45, 2.75) is 12.5 Å². The van der Waals surface area contributed by atoms with Gasteiger partial charge in [-0.15, -0.1) is 0 Å². The van der Waals surface area contributed by atoms with Crippen LogP contribution < -0.4 is 10.6 Å². The van der Waals surface area contributed by atoms with E-state index in [0.29, 0.717) is 5.69 Å². The zero-order valence-electron chi connectivity index (χ0n) is 7.66. The van der Waals surface area contributed by atoms with E-state index in [4.69, 9.17) is 0 Å². The second-order valence-corrected chi connectivity index (χ2v) is 3.30. The highest BCUT2D eigenvalue weighted by atomic mass is 16.3. The van der Waals surface area contributed by atoms with Crippen LogP contribution >= 0.6 is 0 Å². The van der Waals surface area contributed by atoms with Crippen molar-refractivity contribution in [3.05, 3.63) is 24.3 Å². The van der Waals surface area contributed by atoms with E-state index in [1.807, 2.05) is 0 Å². The van der Waals surface area contributed by atoms with Crippen LogP contribution in [0.25, 0.3) is 0 Å². The van der Waals surface area contributed by atoms with Crippen molar-refractivity contribution >= 4 is 11.6 Å². The molecule has 4 nitrogen and oxygen atoms in total. The van der Waals surface area contributed by atoms with Gasteiger partial charge < -0.3 is 15.7 Å². The summed E-state index contributed by atoms with van der Waals surface area (Å²) >= 11 is 0. The molecule has 74 valence electrons. The van der Waals surface area contributed by atoms with Crippen LogP contribution in [0.5, 0.6) is 5.75 Å². The standard InChI is InChI=1S/C10H12N2O2/c13-9-4-2-1-3-7(9)12-10(14)8-5-6-11-8/h1-4,8,11,13H,5-6H2,(H,12,14)/t8-/m0/s1. The van der Waals surface area contributed by atoms with Crippen molar-refractivity contribution < 1.29 is 9.90 Å². The van der Waals surface area contributed by atoms with Crippen LogP contribution in [-0.4, -0.2) is 23.6 Å². The molecule has 3 N–H and O–H groups in total. The Morgan fingerprint density at radius 2 is 2.21 bits per heavy atom. The molecule has 0 saturated carbocycles. The molecule has 0 unspecified atom stereocenters. The number of phenolic OH excluding ortho intramolecular Hbond substituents is 1. The third-order valence-corrected chi connectivity index (χ3v) is 2.30. The molecular weight excluding hydrogens is 180 g/mol. The fourth-order valence-corrected chi connectivity index (χ4v) is 1.31. The summed E-state index contributed by atoms with van der Waals surface area (Å²) in [6.45, 7) is 0.888. The van der Waals surface area contributed by atoms with Gasteiger partial charge in [-0.3, -0.25) is 4.79 Å². The molecular formula is C10H12N2O2. The maximum atomic E-state index is 11.5. The molecule has 0 radical (unpaired) electrons. The Hall–Kier alpha value is -1.55. The molecule has 1 aliphatic heterocycles. The van der Waals surface area contributed by atoms with Gasteiger partial charge in [-0.25, -0.2) is 0 Å². The van der Waals surface area contributed by atoms with Crippen molar-refractivity contribution in [1.82, 2.24) is 5.32 Å². The summed E-state index contributed by atoms with van der Waals surface area (Å²) in [6, 6.07) is 6.60. The Morgan fingerprint density at radius 1 is 1.50 bits per heavy atom. The Bertz CT molecular complexity index is 348. The first kappa shape index (κ1) is 9.02. The lowest BCUT2D eigenvalue weighted by molar-refractivity contribution is -0.119. The first-order valence-corrected chi connectivity index (χ1v) is 4.59. The van der Waals surface area contributed by atoms with Crippen molar-refractivity contribution in [2.24, 2.45) is 0 Å². The molecule has 1 amide bonds. The van der Waals surface area contributed by atoms with Gasteiger partial charge >= 0.3 is 0 Å².